The zero-order valence-corrected chi connectivity index (χ0v) is 14.1. The first-order valence-corrected chi connectivity index (χ1v) is 8.73. The molecule has 0 aliphatic carbocycles. The van der Waals surface area contributed by atoms with Crippen LogP contribution in [0.15, 0.2) is 24.3 Å². The van der Waals surface area contributed by atoms with Gasteiger partial charge in [0.2, 0.25) is 0 Å². The maximum Gasteiger partial charge on any atom is 0.0332 e. The number of likely N-dealkylation sites (tertiary alicyclic amines) is 1. The molecule has 1 heterocycles. The molecular formula is C19H32N2. The zero-order valence-electron chi connectivity index (χ0n) is 14.1. The van der Waals surface area contributed by atoms with Gasteiger partial charge in [-0.15, -0.1) is 0 Å². The van der Waals surface area contributed by atoms with Crippen molar-refractivity contribution in [3.05, 3.63) is 35.4 Å². The Balaban J connectivity index is 1.94. The quantitative estimate of drug-likeness (QED) is 0.804. The van der Waals surface area contributed by atoms with E-state index in [0.717, 1.165) is 6.04 Å². The molecule has 2 nitrogen and oxygen atoms in total. The molecular weight excluding hydrogens is 256 g/mol. The van der Waals surface area contributed by atoms with Crippen molar-refractivity contribution in [2.24, 2.45) is 0 Å². The van der Waals surface area contributed by atoms with Gasteiger partial charge in [-0.25, -0.2) is 0 Å². The lowest BCUT2D eigenvalue weighted by atomic mass is 9.95. The van der Waals surface area contributed by atoms with Crippen LogP contribution in [0, 0.1) is 6.92 Å². The molecule has 1 N–H and O–H groups in total. The maximum absolute atomic E-state index is 3.52. The number of rotatable bonds is 7. The highest BCUT2D eigenvalue weighted by Crippen LogP contribution is 2.24. The Morgan fingerprint density at radius 3 is 2.81 bits per heavy atom. The summed E-state index contributed by atoms with van der Waals surface area (Å²) < 4.78 is 0. The van der Waals surface area contributed by atoms with Crippen molar-refractivity contribution in [3.63, 3.8) is 0 Å². The Hall–Kier alpha value is -0.860. The van der Waals surface area contributed by atoms with E-state index in [2.05, 4.69) is 55.4 Å². The van der Waals surface area contributed by atoms with Crippen molar-refractivity contribution in [2.75, 3.05) is 20.1 Å². The van der Waals surface area contributed by atoms with Gasteiger partial charge in [0.1, 0.15) is 0 Å². The third-order valence-corrected chi connectivity index (χ3v) is 4.99. The minimum Gasteiger partial charge on any atom is -0.313 e. The fourth-order valence-electron chi connectivity index (χ4n) is 3.74. The molecule has 0 aromatic heterocycles. The van der Waals surface area contributed by atoms with Crippen LogP contribution in [-0.2, 0) is 0 Å². The maximum atomic E-state index is 3.52. The Morgan fingerprint density at radius 1 is 1.29 bits per heavy atom. The van der Waals surface area contributed by atoms with Gasteiger partial charge >= 0.3 is 0 Å². The van der Waals surface area contributed by atoms with E-state index >= 15 is 0 Å². The minimum atomic E-state index is 0.482. The molecule has 2 atom stereocenters. The summed E-state index contributed by atoms with van der Waals surface area (Å²) in [4.78, 5) is 2.75. The van der Waals surface area contributed by atoms with Gasteiger partial charge in [-0.3, -0.25) is 0 Å². The second-order valence-corrected chi connectivity index (χ2v) is 6.46. The third-order valence-electron chi connectivity index (χ3n) is 4.99. The lowest BCUT2D eigenvalue weighted by Gasteiger charge is -2.36. The van der Waals surface area contributed by atoms with Crippen molar-refractivity contribution < 1.29 is 0 Å². The van der Waals surface area contributed by atoms with Crippen LogP contribution in [0.25, 0.3) is 0 Å². The number of benzene rings is 1. The fourth-order valence-corrected chi connectivity index (χ4v) is 3.74. The van der Waals surface area contributed by atoms with E-state index in [-0.39, 0.29) is 0 Å². The Kier molecular flexibility index (Phi) is 6.72. The Labute approximate surface area is 130 Å². The van der Waals surface area contributed by atoms with Gasteiger partial charge in [0.15, 0.2) is 0 Å². The van der Waals surface area contributed by atoms with Crippen LogP contribution >= 0.6 is 0 Å². The van der Waals surface area contributed by atoms with E-state index in [1.54, 1.807) is 0 Å². The molecule has 1 aromatic carbocycles. The molecule has 1 fully saturated rings. The fraction of sp³-hybridized carbons (Fsp3) is 0.684. The highest BCUT2D eigenvalue weighted by atomic mass is 15.2. The molecule has 0 bridgehead atoms. The molecule has 2 unspecified atom stereocenters. The van der Waals surface area contributed by atoms with Gasteiger partial charge in [0.05, 0.1) is 0 Å². The van der Waals surface area contributed by atoms with Crippen LogP contribution in [0.2, 0.25) is 0 Å². The monoisotopic (exact) mass is 288 g/mol. The number of hydrogen-bond donors (Lipinski definition) is 1. The third kappa shape index (κ3) is 4.55. The standard InChI is InChI=1S/C19H32N2/c1-4-9-17-11-7-8-14-21(17)15-13-19(20-3)18-12-6-5-10-16(18)2/h5-6,10,12,17,19-20H,4,7-9,11,13-15H2,1-3H3. The zero-order chi connectivity index (χ0) is 15.1. The van der Waals surface area contributed by atoms with Crippen molar-refractivity contribution >= 4 is 0 Å². The molecule has 1 aromatic rings. The van der Waals surface area contributed by atoms with Crippen molar-refractivity contribution in [1.29, 1.82) is 0 Å². The summed E-state index contributed by atoms with van der Waals surface area (Å²) in [6.07, 6.45) is 8.11. The molecule has 1 aliphatic rings. The Bertz CT molecular complexity index is 414. The van der Waals surface area contributed by atoms with E-state index in [9.17, 15) is 0 Å². The summed E-state index contributed by atoms with van der Waals surface area (Å²) in [5, 5.41) is 3.52. The topological polar surface area (TPSA) is 15.3 Å². The number of nitrogens with one attached hydrogen (secondary N) is 1. The normalized spacial score (nSPS) is 21.4. The van der Waals surface area contributed by atoms with Crippen molar-refractivity contribution in [3.8, 4) is 0 Å². The number of piperidine rings is 1. The smallest absolute Gasteiger partial charge is 0.0332 e. The second-order valence-electron chi connectivity index (χ2n) is 6.46. The number of nitrogens with zero attached hydrogens (tertiary/aromatic N) is 1. The lowest BCUT2D eigenvalue weighted by molar-refractivity contribution is 0.133. The summed E-state index contributed by atoms with van der Waals surface area (Å²) in [6, 6.07) is 10.1. The van der Waals surface area contributed by atoms with Gasteiger partial charge in [-0.05, 0) is 57.3 Å². The average Bonchev–Trinajstić information content (AvgIpc) is 2.51. The molecule has 118 valence electrons. The molecule has 0 amide bonds. The Morgan fingerprint density at radius 2 is 2.10 bits per heavy atom. The van der Waals surface area contributed by atoms with Crippen LogP contribution in [0.1, 0.15) is 62.6 Å². The van der Waals surface area contributed by atoms with Crippen LogP contribution in [0.4, 0.5) is 0 Å². The summed E-state index contributed by atoms with van der Waals surface area (Å²) in [5.74, 6) is 0. The first-order chi connectivity index (χ1) is 10.3. The summed E-state index contributed by atoms with van der Waals surface area (Å²) in [6.45, 7) is 7.07. The molecule has 1 aliphatic heterocycles. The first kappa shape index (κ1) is 16.5. The summed E-state index contributed by atoms with van der Waals surface area (Å²) in [5.41, 5.74) is 2.87. The number of hydrogen-bond acceptors (Lipinski definition) is 2. The highest BCUT2D eigenvalue weighted by Gasteiger charge is 2.22. The number of aryl methyl sites for hydroxylation is 1. The highest BCUT2D eigenvalue weighted by molar-refractivity contribution is 5.28. The predicted octanol–water partition coefficient (Wildman–Crippen LogP) is 4.30. The van der Waals surface area contributed by atoms with E-state index < -0.39 is 0 Å². The molecule has 21 heavy (non-hydrogen) atoms. The van der Waals surface area contributed by atoms with Crippen LogP contribution in [0.5, 0.6) is 0 Å². The first-order valence-electron chi connectivity index (χ1n) is 8.73. The molecule has 1 saturated heterocycles. The van der Waals surface area contributed by atoms with E-state index in [0.29, 0.717) is 6.04 Å². The van der Waals surface area contributed by atoms with E-state index in [4.69, 9.17) is 0 Å². The van der Waals surface area contributed by atoms with E-state index in [1.165, 1.54) is 62.7 Å². The van der Waals surface area contributed by atoms with Crippen molar-refractivity contribution in [1.82, 2.24) is 10.2 Å². The lowest BCUT2D eigenvalue weighted by Crippen LogP contribution is -2.41. The predicted molar refractivity (Wildman–Crippen MR) is 91.7 cm³/mol. The van der Waals surface area contributed by atoms with Crippen LogP contribution in [-0.4, -0.2) is 31.1 Å². The molecule has 0 radical (unpaired) electrons. The van der Waals surface area contributed by atoms with Crippen molar-refractivity contribution in [2.45, 2.75) is 64.5 Å². The average molecular weight is 288 g/mol. The van der Waals surface area contributed by atoms with Gasteiger partial charge in [-0.1, -0.05) is 44.0 Å². The van der Waals surface area contributed by atoms with E-state index in [1.807, 2.05) is 0 Å². The minimum absolute atomic E-state index is 0.482. The van der Waals surface area contributed by atoms with Crippen LogP contribution in [0.3, 0.4) is 0 Å². The van der Waals surface area contributed by atoms with Gasteiger partial charge in [-0.2, -0.15) is 0 Å². The largest absolute Gasteiger partial charge is 0.313 e. The summed E-state index contributed by atoms with van der Waals surface area (Å²) in [7, 11) is 2.09. The second kappa shape index (κ2) is 8.55. The van der Waals surface area contributed by atoms with Gasteiger partial charge in [0.25, 0.3) is 0 Å². The summed E-state index contributed by atoms with van der Waals surface area (Å²) >= 11 is 0. The molecule has 0 saturated carbocycles. The molecule has 2 heteroatoms. The SMILES string of the molecule is CCCC1CCCCN1CCC(NC)c1ccccc1C. The van der Waals surface area contributed by atoms with Gasteiger partial charge < -0.3 is 10.2 Å². The molecule has 2 rings (SSSR count). The van der Waals surface area contributed by atoms with Crippen LogP contribution < -0.4 is 5.32 Å². The van der Waals surface area contributed by atoms with Gasteiger partial charge in [0, 0.05) is 18.6 Å². The molecule has 0 spiro atoms.